The molecule has 9 heteroatoms. The molecule has 28 heavy (non-hydrogen) atoms. The summed E-state index contributed by atoms with van der Waals surface area (Å²) in [6.45, 7) is 1.58. The van der Waals surface area contributed by atoms with Gasteiger partial charge in [0, 0.05) is 23.9 Å². The largest absolute Gasteiger partial charge is 0.494 e. The van der Waals surface area contributed by atoms with E-state index >= 15 is 0 Å². The summed E-state index contributed by atoms with van der Waals surface area (Å²) in [5, 5.41) is 7.38. The fraction of sp³-hybridized carbons (Fsp3) is 0.263. The maximum atomic E-state index is 14.6. The van der Waals surface area contributed by atoms with E-state index in [9.17, 15) is 13.6 Å². The lowest BCUT2D eigenvalue weighted by Crippen LogP contribution is -2.30. The van der Waals surface area contributed by atoms with E-state index in [2.05, 4.69) is 0 Å². The molecule has 0 aliphatic rings. The van der Waals surface area contributed by atoms with Gasteiger partial charge in [0.2, 0.25) is 0 Å². The van der Waals surface area contributed by atoms with Gasteiger partial charge in [-0.3, -0.25) is 10.2 Å². The van der Waals surface area contributed by atoms with Gasteiger partial charge in [-0.1, -0.05) is 24.3 Å². The number of halogens is 3. The maximum absolute atomic E-state index is 14.6. The molecule has 2 aromatic rings. The Morgan fingerprint density at radius 1 is 1.25 bits per heavy atom. The predicted octanol–water partition coefficient (Wildman–Crippen LogP) is 3.52. The van der Waals surface area contributed by atoms with Gasteiger partial charge < -0.3 is 15.2 Å². The standard InChI is InChI=1S/C19H20ClF2N3O3/c1-3-28-17(15-13(21)8-9-14(27-2)16(15)22)19(26)25(20)10-11-4-6-12(7-5-11)18(23)24/h4-9,17H,3,10H2,1-2H3,(H3,23,24). The Morgan fingerprint density at radius 3 is 2.43 bits per heavy atom. The molecule has 1 amide bonds. The minimum atomic E-state index is -1.57. The average molecular weight is 412 g/mol. The van der Waals surface area contributed by atoms with Crippen LogP contribution in [0.25, 0.3) is 0 Å². The highest BCUT2D eigenvalue weighted by Gasteiger charge is 2.32. The van der Waals surface area contributed by atoms with Crippen molar-refractivity contribution >= 4 is 23.5 Å². The SMILES string of the molecule is CCOC(C(=O)N(Cl)Cc1ccc(C(=N)N)cc1)c1c(F)ccc(OC)c1F. The number of nitrogens with one attached hydrogen (secondary N) is 1. The van der Waals surface area contributed by atoms with Crippen LogP contribution < -0.4 is 10.5 Å². The zero-order chi connectivity index (χ0) is 20.8. The van der Waals surface area contributed by atoms with Gasteiger partial charge in [-0.25, -0.2) is 13.2 Å². The third-order valence-electron chi connectivity index (χ3n) is 3.96. The molecule has 0 aliphatic carbocycles. The van der Waals surface area contributed by atoms with Crippen LogP contribution in [0.5, 0.6) is 5.75 Å². The third-order valence-corrected chi connectivity index (χ3v) is 4.24. The van der Waals surface area contributed by atoms with Crippen LogP contribution in [-0.2, 0) is 16.1 Å². The Balaban J connectivity index is 2.28. The fourth-order valence-electron chi connectivity index (χ4n) is 2.55. The second-order valence-electron chi connectivity index (χ2n) is 5.78. The number of nitrogen functional groups attached to an aromatic ring is 1. The summed E-state index contributed by atoms with van der Waals surface area (Å²) in [5.41, 5.74) is 5.98. The van der Waals surface area contributed by atoms with Gasteiger partial charge in [-0.2, -0.15) is 0 Å². The average Bonchev–Trinajstić information content (AvgIpc) is 2.67. The first kappa shape index (κ1) is 21.6. The van der Waals surface area contributed by atoms with E-state index in [-0.39, 0.29) is 24.7 Å². The number of amides is 1. The number of benzene rings is 2. The number of carbonyl (C=O) groups is 1. The van der Waals surface area contributed by atoms with Crippen LogP contribution in [0.2, 0.25) is 0 Å². The monoisotopic (exact) mass is 411 g/mol. The number of nitrogens with two attached hydrogens (primary N) is 1. The molecular weight excluding hydrogens is 392 g/mol. The number of rotatable bonds is 8. The van der Waals surface area contributed by atoms with Crippen molar-refractivity contribution in [1.29, 1.82) is 5.41 Å². The van der Waals surface area contributed by atoms with Crippen LogP contribution in [-0.4, -0.2) is 29.9 Å². The second kappa shape index (κ2) is 9.48. The Kier molecular flexibility index (Phi) is 7.31. The van der Waals surface area contributed by atoms with Crippen LogP contribution in [0.3, 0.4) is 0 Å². The number of hydrogen-bond donors (Lipinski definition) is 2. The summed E-state index contributed by atoms with van der Waals surface area (Å²) in [4.78, 5) is 12.8. The molecule has 2 aromatic carbocycles. The molecule has 1 atom stereocenters. The Bertz CT molecular complexity index is 862. The highest BCUT2D eigenvalue weighted by atomic mass is 35.5. The summed E-state index contributed by atoms with van der Waals surface area (Å²) >= 11 is 6.09. The van der Waals surface area contributed by atoms with Crippen molar-refractivity contribution in [2.45, 2.75) is 19.6 Å². The van der Waals surface area contributed by atoms with Crippen LogP contribution >= 0.6 is 11.8 Å². The molecule has 2 rings (SSSR count). The van der Waals surface area contributed by atoms with Crippen LogP contribution in [0.1, 0.15) is 29.7 Å². The number of methoxy groups -OCH3 is 1. The summed E-state index contributed by atoms with van der Waals surface area (Å²) in [6, 6.07) is 8.61. The van der Waals surface area contributed by atoms with Crippen LogP contribution in [0, 0.1) is 17.0 Å². The van der Waals surface area contributed by atoms with Gasteiger partial charge in [-0.15, -0.1) is 0 Å². The first-order chi connectivity index (χ1) is 13.3. The number of ether oxygens (including phenoxy) is 2. The number of carbonyl (C=O) groups excluding carboxylic acids is 1. The zero-order valence-corrected chi connectivity index (χ0v) is 16.1. The number of amidine groups is 1. The van der Waals surface area contributed by atoms with Crippen molar-refractivity contribution in [2.24, 2.45) is 5.73 Å². The topological polar surface area (TPSA) is 88.6 Å². The van der Waals surface area contributed by atoms with E-state index in [0.29, 0.717) is 11.1 Å². The van der Waals surface area contributed by atoms with Gasteiger partial charge in [0.25, 0.3) is 5.91 Å². The molecule has 0 radical (unpaired) electrons. The quantitative estimate of drug-likeness (QED) is 0.395. The van der Waals surface area contributed by atoms with E-state index < -0.39 is 29.2 Å². The fourth-order valence-corrected chi connectivity index (χ4v) is 2.77. The maximum Gasteiger partial charge on any atom is 0.271 e. The first-order valence-electron chi connectivity index (χ1n) is 8.34. The van der Waals surface area contributed by atoms with Gasteiger partial charge in [0.15, 0.2) is 17.7 Å². The molecule has 0 saturated carbocycles. The smallest absolute Gasteiger partial charge is 0.271 e. The van der Waals surface area contributed by atoms with Gasteiger partial charge in [0.1, 0.15) is 11.7 Å². The Morgan fingerprint density at radius 2 is 1.89 bits per heavy atom. The molecule has 0 fully saturated rings. The number of nitrogens with zero attached hydrogens (tertiary/aromatic N) is 1. The summed E-state index contributed by atoms with van der Waals surface area (Å²) in [5.74, 6) is -3.10. The predicted molar refractivity (Wildman–Crippen MR) is 101 cm³/mol. The van der Waals surface area contributed by atoms with E-state index in [0.717, 1.165) is 16.6 Å². The Hall–Kier alpha value is -2.71. The molecule has 0 bridgehead atoms. The van der Waals surface area contributed by atoms with Crippen molar-refractivity contribution in [3.63, 3.8) is 0 Å². The molecule has 0 aromatic heterocycles. The summed E-state index contributed by atoms with van der Waals surface area (Å²) in [6.07, 6.45) is -1.57. The normalized spacial score (nSPS) is 11.8. The molecule has 0 heterocycles. The molecule has 1 unspecified atom stereocenters. The highest BCUT2D eigenvalue weighted by Crippen LogP contribution is 2.32. The molecule has 150 valence electrons. The molecular formula is C19H20ClF2N3O3. The van der Waals surface area contributed by atoms with Crippen molar-refractivity contribution in [2.75, 3.05) is 13.7 Å². The highest BCUT2D eigenvalue weighted by molar-refractivity contribution is 6.21. The zero-order valence-electron chi connectivity index (χ0n) is 15.3. The van der Waals surface area contributed by atoms with E-state index in [1.807, 2.05) is 0 Å². The van der Waals surface area contributed by atoms with Crippen LogP contribution in [0.15, 0.2) is 36.4 Å². The number of hydrogen-bond acceptors (Lipinski definition) is 4. The van der Waals surface area contributed by atoms with Gasteiger partial charge >= 0.3 is 0 Å². The molecule has 3 N–H and O–H groups in total. The minimum Gasteiger partial charge on any atom is -0.494 e. The molecule has 6 nitrogen and oxygen atoms in total. The van der Waals surface area contributed by atoms with Crippen molar-refractivity contribution < 1.29 is 23.0 Å². The van der Waals surface area contributed by atoms with Crippen molar-refractivity contribution in [3.05, 3.63) is 64.7 Å². The van der Waals surface area contributed by atoms with Gasteiger partial charge in [-0.05, 0) is 24.6 Å². The van der Waals surface area contributed by atoms with E-state index in [1.165, 1.54) is 7.11 Å². The lowest BCUT2D eigenvalue weighted by Gasteiger charge is -2.23. The lowest BCUT2D eigenvalue weighted by atomic mass is 10.1. The van der Waals surface area contributed by atoms with E-state index in [4.69, 9.17) is 32.4 Å². The van der Waals surface area contributed by atoms with E-state index in [1.54, 1.807) is 31.2 Å². The molecule has 0 spiro atoms. The molecule has 0 saturated heterocycles. The van der Waals surface area contributed by atoms with Gasteiger partial charge in [0.05, 0.1) is 19.2 Å². The summed E-state index contributed by atoms with van der Waals surface area (Å²) < 4.78 is 39.8. The van der Waals surface area contributed by atoms with Crippen molar-refractivity contribution in [3.8, 4) is 5.75 Å². The second-order valence-corrected chi connectivity index (χ2v) is 6.19. The first-order valence-corrected chi connectivity index (χ1v) is 8.67. The summed E-state index contributed by atoms with van der Waals surface area (Å²) in [7, 11) is 1.23. The van der Waals surface area contributed by atoms with Crippen molar-refractivity contribution in [1.82, 2.24) is 4.42 Å². The Labute approximate surface area is 166 Å². The molecule has 0 aliphatic heterocycles. The third kappa shape index (κ3) is 4.76. The lowest BCUT2D eigenvalue weighted by molar-refractivity contribution is -0.139. The minimum absolute atomic E-state index is 0.0323. The van der Waals surface area contributed by atoms with Crippen LogP contribution in [0.4, 0.5) is 8.78 Å².